The molecule has 190 valence electrons. The predicted octanol–water partition coefficient (Wildman–Crippen LogP) is 6.06. The lowest BCUT2D eigenvalue weighted by Gasteiger charge is -2.40. The molecule has 1 aliphatic heterocycles. The molecule has 0 saturated carbocycles. The van der Waals surface area contributed by atoms with Crippen LogP contribution in [0.2, 0.25) is 0 Å². The first kappa shape index (κ1) is 28.2. The van der Waals surface area contributed by atoms with Crippen LogP contribution < -0.4 is 5.32 Å². The summed E-state index contributed by atoms with van der Waals surface area (Å²) in [5, 5.41) is 10.9. The van der Waals surface area contributed by atoms with Crippen LogP contribution in [0, 0.1) is 17.1 Å². The van der Waals surface area contributed by atoms with Gasteiger partial charge in [0.15, 0.2) is 5.84 Å². The summed E-state index contributed by atoms with van der Waals surface area (Å²) >= 11 is 0. The Bertz CT molecular complexity index is 999. The topological polar surface area (TPSA) is 63.8 Å². The van der Waals surface area contributed by atoms with Crippen LogP contribution in [0.4, 0.5) is 17.6 Å². The SMILES string of the molecule is C=N/C(=N\C=C(\F)CN1CCCC(C)C1C(=C)C)C(=N)/C=C(/CC(F)F)NCc1ccccc1F. The van der Waals surface area contributed by atoms with Gasteiger partial charge in [0.2, 0.25) is 6.43 Å². The predicted molar refractivity (Wildman–Crippen MR) is 134 cm³/mol. The van der Waals surface area contributed by atoms with Crippen LogP contribution in [0.25, 0.3) is 0 Å². The zero-order valence-corrected chi connectivity index (χ0v) is 20.2. The second-order valence-electron chi connectivity index (χ2n) is 8.69. The number of alkyl halides is 2. The Morgan fingerprint density at radius 2 is 2.06 bits per heavy atom. The van der Waals surface area contributed by atoms with Crippen LogP contribution in [-0.2, 0) is 6.54 Å². The van der Waals surface area contributed by atoms with Gasteiger partial charge in [-0.1, -0.05) is 37.3 Å². The van der Waals surface area contributed by atoms with Crippen LogP contribution in [0.1, 0.15) is 38.7 Å². The molecule has 5 nitrogen and oxygen atoms in total. The van der Waals surface area contributed by atoms with Gasteiger partial charge in [0, 0.05) is 30.3 Å². The maximum Gasteiger partial charge on any atom is 0.244 e. The third-order valence-corrected chi connectivity index (χ3v) is 5.77. The molecule has 0 bridgehead atoms. The molecule has 0 amide bonds. The van der Waals surface area contributed by atoms with E-state index in [4.69, 9.17) is 5.41 Å². The first-order valence-electron chi connectivity index (χ1n) is 11.5. The number of nitrogens with zero attached hydrogens (tertiary/aromatic N) is 3. The van der Waals surface area contributed by atoms with E-state index in [0.29, 0.717) is 11.5 Å². The molecule has 2 unspecified atom stereocenters. The minimum absolute atomic E-state index is 0.000610. The van der Waals surface area contributed by atoms with E-state index in [1.54, 1.807) is 6.07 Å². The molecule has 0 radical (unpaired) electrons. The number of piperidine rings is 1. The van der Waals surface area contributed by atoms with Gasteiger partial charge in [-0.05, 0) is 51.1 Å². The zero-order chi connectivity index (χ0) is 26.0. The van der Waals surface area contributed by atoms with Crippen LogP contribution in [0.3, 0.4) is 0 Å². The van der Waals surface area contributed by atoms with Crippen LogP contribution in [0.5, 0.6) is 0 Å². The number of likely N-dealkylation sites (tertiary alicyclic amines) is 1. The second-order valence-corrected chi connectivity index (χ2v) is 8.69. The number of allylic oxidation sites excluding steroid dienone is 1. The fourth-order valence-electron chi connectivity index (χ4n) is 4.25. The van der Waals surface area contributed by atoms with E-state index in [1.807, 2.05) is 11.8 Å². The Balaban J connectivity index is 2.14. The van der Waals surface area contributed by atoms with E-state index < -0.39 is 24.5 Å². The zero-order valence-electron chi connectivity index (χ0n) is 20.2. The molecule has 2 atom stereocenters. The highest BCUT2D eigenvalue weighted by Crippen LogP contribution is 2.28. The largest absolute Gasteiger partial charge is 0.384 e. The van der Waals surface area contributed by atoms with Gasteiger partial charge in [-0.3, -0.25) is 10.3 Å². The highest BCUT2D eigenvalue weighted by atomic mass is 19.3. The van der Waals surface area contributed by atoms with Gasteiger partial charge in [-0.2, -0.15) is 0 Å². The third kappa shape index (κ3) is 8.90. The van der Waals surface area contributed by atoms with Crippen LogP contribution in [-0.4, -0.2) is 48.7 Å². The Hall–Kier alpha value is -3.07. The molecular formula is C26H33F4N5. The molecule has 1 fully saturated rings. The number of benzene rings is 1. The van der Waals surface area contributed by atoms with Gasteiger partial charge in [-0.25, -0.2) is 27.5 Å². The van der Waals surface area contributed by atoms with Gasteiger partial charge in [0.25, 0.3) is 0 Å². The van der Waals surface area contributed by atoms with Crippen molar-refractivity contribution in [1.29, 1.82) is 5.41 Å². The van der Waals surface area contributed by atoms with Crippen molar-refractivity contribution in [3.05, 3.63) is 71.6 Å². The first-order valence-corrected chi connectivity index (χ1v) is 11.5. The molecule has 1 saturated heterocycles. The summed E-state index contributed by atoms with van der Waals surface area (Å²) in [6, 6.07) is 6.03. The second kappa shape index (κ2) is 13.7. The Morgan fingerprint density at radius 3 is 2.69 bits per heavy atom. The number of hydrogen-bond donors (Lipinski definition) is 2. The molecule has 0 aromatic heterocycles. The van der Waals surface area contributed by atoms with Crippen molar-refractivity contribution in [3.8, 4) is 0 Å². The first-order chi connectivity index (χ1) is 16.6. The molecule has 0 spiro atoms. The smallest absolute Gasteiger partial charge is 0.244 e. The van der Waals surface area contributed by atoms with Gasteiger partial charge >= 0.3 is 0 Å². The monoisotopic (exact) mass is 491 g/mol. The Labute approximate surface area is 204 Å². The van der Waals surface area contributed by atoms with Crippen molar-refractivity contribution in [1.82, 2.24) is 10.2 Å². The number of aliphatic imine (C=N–C) groups is 2. The number of halogens is 4. The lowest BCUT2D eigenvalue weighted by atomic mass is 9.87. The molecule has 35 heavy (non-hydrogen) atoms. The molecule has 1 heterocycles. The van der Waals surface area contributed by atoms with Crippen molar-refractivity contribution >= 4 is 18.3 Å². The molecule has 1 aliphatic rings. The lowest BCUT2D eigenvalue weighted by Crippen LogP contribution is -2.45. The van der Waals surface area contributed by atoms with Crippen LogP contribution >= 0.6 is 0 Å². The van der Waals surface area contributed by atoms with Gasteiger partial charge < -0.3 is 5.32 Å². The van der Waals surface area contributed by atoms with Crippen molar-refractivity contribution in [2.75, 3.05) is 13.1 Å². The van der Waals surface area contributed by atoms with E-state index in [0.717, 1.165) is 37.2 Å². The Morgan fingerprint density at radius 1 is 1.34 bits per heavy atom. The van der Waals surface area contributed by atoms with Crippen molar-refractivity contribution < 1.29 is 17.6 Å². The number of rotatable bonds is 11. The highest BCUT2D eigenvalue weighted by Gasteiger charge is 2.29. The molecular weight excluding hydrogens is 458 g/mol. The molecule has 1 aromatic carbocycles. The Kier molecular flexibility index (Phi) is 11.0. The maximum absolute atomic E-state index is 14.7. The molecule has 2 rings (SSSR count). The number of hydrogen-bond acceptors (Lipinski definition) is 4. The summed E-state index contributed by atoms with van der Waals surface area (Å²) in [4.78, 5) is 9.57. The van der Waals surface area contributed by atoms with Crippen molar-refractivity contribution in [3.63, 3.8) is 0 Å². The minimum Gasteiger partial charge on any atom is -0.384 e. The standard InChI is InChI=1S/C26H33F4N5/c1-17(2)25-18(3)8-7-11-35(25)16-20(27)15-34-26(32-4)23(31)12-21(13-24(29)30)33-14-19-9-5-6-10-22(19)28/h5-6,9-10,12,15,18,24-25,31,33H,1,4,7-8,11,13-14,16H2,2-3H3/b20-15+,21-12-,31-23?,34-26-. The van der Waals surface area contributed by atoms with Crippen molar-refractivity contribution in [2.24, 2.45) is 15.9 Å². The summed E-state index contributed by atoms with van der Waals surface area (Å²) in [6.45, 7) is 12.2. The van der Waals surface area contributed by atoms with E-state index in [-0.39, 0.29) is 36.4 Å². The summed E-state index contributed by atoms with van der Waals surface area (Å²) in [5.74, 6) is -0.845. The summed E-state index contributed by atoms with van der Waals surface area (Å²) in [5.41, 5.74) is 0.941. The van der Waals surface area contributed by atoms with Gasteiger partial charge in [0.05, 0.1) is 12.7 Å². The maximum atomic E-state index is 14.7. The quantitative estimate of drug-likeness (QED) is 0.171. The van der Waals surface area contributed by atoms with E-state index in [1.165, 1.54) is 18.2 Å². The van der Waals surface area contributed by atoms with Gasteiger partial charge in [0.1, 0.15) is 17.4 Å². The average molecular weight is 492 g/mol. The van der Waals surface area contributed by atoms with E-state index >= 15 is 0 Å². The molecule has 9 heteroatoms. The fraction of sp³-hybridized carbons (Fsp3) is 0.423. The van der Waals surface area contributed by atoms with E-state index in [2.05, 4.69) is 35.5 Å². The number of amidine groups is 1. The van der Waals surface area contributed by atoms with Crippen molar-refractivity contribution in [2.45, 2.75) is 52.1 Å². The summed E-state index contributed by atoms with van der Waals surface area (Å²) in [6.07, 6.45) is 0.738. The van der Waals surface area contributed by atoms with Gasteiger partial charge in [-0.15, -0.1) is 0 Å². The summed E-state index contributed by atoms with van der Waals surface area (Å²) in [7, 11) is 0. The summed E-state index contributed by atoms with van der Waals surface area (Å²) < 4.78 is 54.6. The molecule has 1 aromatic rings. The third-order valence-electron chi connectivity index (χ3n) is 5.77. The highest BCUT2D eigenvalue weighted by molar-refractivity contribution is 6.45. The number of nitrogens with one attached hydrogen (secondary N) is 2. The van der Waals surface area contributed by atoms with Crippen LogP contribution in [0.15, 0.2) is 70.2 Å². The molecule has 2 N–H and O–H groups in total. The normalized spacial score (nSPS) is 20.1. The average Bonchev–Trinajstić information content (AvgIpc) is 2.78. The fourth-order valence-corrected chi connectivity index (χ4v) is 4.25. The molecule has 0 aliphatic carbocycles. The minimum atomic E-state index is -2.69. The van der Waals surface area contributed by atoms with E-state index in [9.17, 15) is 17.6 Å². The lowest BCUT2D eigenvalue weighted by molar-refractivity contribution is 0.130.